The first-order chi connectivity index (χ1) is 18.9. The third kappa shape index (κ3) is 5.19. The van der Waals surface area contributed by atoms with Gasteiger partial charge in [0.15, 0.2) is 6.61 Å². The number of nitrogens with zero attached hydrogens (tertiary/aromatic N) is 1. The Labute approximate surface area is 238 Å². The molecule has 2 aromatic carbocycles. The van der Waals surface area contributed by atoms with E-state index in [1.807, 2.05) is 42.5 Å². The van der Waals surface area contributed by atoms with Crippen LogP contribution in [0.15, 0.2) is 42.5 Å². The highest BCUT2D eigenvalue weighted by molar-refractivity contribution is 6.43. The maximum atomic E-state index is 13.6. The van der Waals surface area contributed by atoms with E-state index < -0.39 is 5.97 Å². The Hall–Kier alpha value is -2.89. The minimum absolute atomic E-state index is 0.0898. The van der Waals surface area contributed by atoms with Crippen molar-refractivity contribution in [3.8, 4) is 0 Å². The first kappa shape index (κ1) is 26.3. The van der Waals surface area contributed by atoms with Crippen LogP contribution in [0, 0.1) is 17.8 Å². The molecule has 4 unspecified atom stereocenters. The van der Waals surface area contributed by atoms with E-state index in [1.54, 1.807) is 6.07 Å². The summed E-state index contributed by atoms with van der Waals surface area (Å²) in [7, 11) is 0. The van der Waals surface area contributed by atoms with E-state index in [9.17, 15) is 9.59 Å². The maximum Gasteiger partial charge on any atom is 0.339 e. The summed E-state index contributed by atoms with van der Waals surface area (Å²) in [6, 6.07) is 13.2. The molecule has 1 heterocycles. The molecule has 2 bridgehead atoms. The summed E-state index contributed by atoms with van der Waals surface area (Å²) >= 11 is 12.7. The first-order valence-corrected chi connectivity index (χ1v) is 14.7. The molecule has 0 saturated heterocycles. The van der Waals surface area contributed by atoms with Crippen LogP contribution in [0.25, 0.3) is 22.6 Å². The number of nitrogens with one attached hydrogen (secondary N) is 1. The molecule has 7 heteroatoms. The summed E-state index contributed by atoms with van der Waals surface area (Å²) < 4.78 is 5.64. The number of hydrogen-bond donors (Lipinski definition) is 1. The molecule has 0 spiro atoms. The maximum absolute atomic E-state index is 13.6. The second-order valence-corrected chi connectivity index (χ2v) is 12.1. The Bertz CT molecular complexity index is 1480. The van der Waals surface area contributed by atoms with Crippen molar-refractivity contribution < 1.29 is 14.3 Å². The van der Waals surface area contributed by atoms with E-state index in [2.05, 4.69) is 12.2 Å². The zero-order valence-electron chi connectivity index (χ0n) is 22.0. The van der Waals surface area contributed by atoms with Crippen LogP contribution in [0.5, 0.6) is 0 Å². The molecule has 5 nitrogen and oxygen atoms in total. The van der Waals surface area contributed by atoms with Crippen LogP contribution in [0.3, 0.4) is 0 Å². The van der Waals surface area contributed by atoms with Crippen molar-refractivity contribution in [1.82, 2.24) is 10.3 Å². The van der Waals surface area contributed by atoms with Crippen LogP contribution in [0.4, 0.5) is 0 Å². The van der Waals surface area contributed by atoms with Crippen LogP contribution in [-0.4, -0.2) is 29.5 Å². The van der Waals surface area contributed by atoms with E-state index in [4.69, 9.17) is 32.9 Å². The largest absolute Gasteiger partial charge is 0.452 e. The van der Waals surface area contributed by atoms with E-state index in [-0.39, 0.29) is 18.6 Å². The lowest BCUT2D eigenvalue weighted by Crippen LogP contribution is -2.42. The molecule has 1 N–H and O–H groups in total. The van der Waals surface area contributed by atoms with Crippen molar-refractivity contribution in [2.24, 2.45) is 17.8 Å². The SMILES string of the molecule is CC(NC(=O)COC(=O)c1c2c(nc3ccccc13)C(=Cc1cccc(Cl)c1Cl)CCC2)C1CC2CCC1C2. The predicted octanol–water partition coefficient (Wildman–Crippen LogP) is 7.52. The minimum Gasteiger partial charge on any atom is -0.452 e. The molecule has 3 aromatic rings. The molecule has 1 amide bonds. The van der Waals surface area contributed by atoms with E-state index >= 15 is 0 Å². The van der Waals surface area contributed by atoms with Gasteiger partial charge in [-0.25, -0.2) is 9.78 Å². The molecular formula is C32H32Cl2N2O3. The molecule has 3 aliphatic rings. The normalized spacial score (nSPS) is 23.6. The van der Waals surface area contributed by atoms with Gasteiger partial charge in [0.1, 0.15) is 0 Å². The Balaban J connectivity index is 1.26. The number of allylic oxidation sites excluding steroid dienone is 1. The van der Waals surface area contributed by atoms with E-state index in [0.29, 0.717) is 39.4 Å². The quantitative estimate of drug-likeness (QED) is 0.315. The van der Waals surface area contributed by atoms with Gasteiger partial charge >= 0.3 is 5.97 Å². The molecule has 0 radical (unpaired) electrons. The van der Waals surface area contributed by atoms with Gasteiger partial charge < -0.3 is 10.1 Å². The molecule has 39 heavy (non-hydrogen) atoms. The Morgan fingerprint density at radius 3 is 2.74 bits per heavy atom. The average Bonchev–Trinajstić information content (AvgIpc) is 3.57. The second kappa shape index (κ2) is 10.9. The van der Waals surface area contributed by atoms with Crippen LogP contribution >= 0.6 is 23.2 Å². The van der Waals surface area contributed by atoms with Crippen LogP contribution in [-0.2, 0) is 16.0 Å². The van der Waals surface area contributed by atoms with Gasteiger partial charge in [-0.2, -0.15) is 0 Å². The van der Waals surface area contributed by atoms with Crippen LogP contribution in [0.1, 0.15) is 72.6 Å². The summed E-state index contributed by atoms with van der Waals surface area (Å²) in [5.41, 5.74) is 4.64. The fraction of sp³-hybridized carbons (Fsp3) is 0.406. The molecule has 3 aliphatic carbocycles. The van der Waals surface area contributed by atoms with Crippen LogP contribution < -0.4 is 5.32 Å². The standard InChI is InChI=1S/C32H32Cl2N2O3/c1-18(25-15-19-12-13-20(25)14-19)35-28(37)17-39-32(38)29-23-8-2-3-11-27(23)36-31-22(7-4-9-24(29)31)16-21-6-5-10-26(33)30(21)34/h2-3,5-6,8,10-11,16,18-20,25H,4,7,9,12-15,17H2,1H3,(H,35,37). The summed E-state index contributed by atoms with van der Waals surface area (Å²) in [6.45, 7) is 1.79. The van der Waals surface area contributed by atoms with Gasteiger partial charge in [-0.3, -0.25) is 4.79 Å². The number of rotatable bonds is 6. The summed E-state index contributed by atoms with van der Waals surface area (Å²) in [6.07, 6.45) is 9.45. The Kier molecular flexibility index (Phi) is 7.39. The topological polar surface area (TPSA) is 68.3 Å². The summed E-state index contributed by atoms with van der Waals surface area (Å²) in [5.74, 6) is 1.32. The third-order valence-electron chi connectivity index (χ3n) is 8.84. The van der Waals surface area contributed by atoms with Gasteiger partial charge in [0.05, 0.1) is 26.8 Å². The number of amides is 1. The smallest absolute Gasteiger partial charge is 0.339 e. The molecule has 4 atom stereocenters. The second-order valence-electron chi connectivity index (χ2n) is 11.3. The van der Waals surface area contributed by atoms with E-state index in [0.717, 1.165) is 46.5 Å². The predicted molar refractivity (Wildman–Crippen MR) is 156 cm³/mol. The number of carbonyl (C=O) groups is 2. The van der Waals surface area contributed by atoms with Gasteiger partial charge in [-0.1, -0.05) is 60.0 Å². The zero-order chi connectivity index (χ0) is 27.1. The number of fused-ring (bicyclic) bond motifs is 4. The number of esters is 1. The van der Waals surface area contributed by atoms with Crippen molar-refractivity contribution in [2.75, 3.05) is 6.61 Å². The monoisotopic (exact) mass is 562 g/mol. The highest BCUT2D eigenvalue weighted by Crippen LogP contribution is 2.49. The lowest BCUT2D eigenvalue weighted by atomic mass is 9.84. The fourth-order valence-electron chi connectivity index (χ4n) is 7.04. The number of aromatic nitrogens is 1. The first-order valence-electron chi connectivity index (χ1n) is 13.9. The molecule has 2 saturated carbocycles. The number of carbonyl (C=O) groups excluding carboxylic acids is 2. The van der Waals surface area contributed by atoms with Crippen molar-refractivity contribution in [3.05, 3.63) is 74.9 Å². The molecular weight excluding hydrogens is 531 g/mol. The van der Waals surface area contributed by atoms with E-state index in [1.165, 1.54) is 25.7 Å². The number of halogens is 2. The molecule has 0 aliphatic heterocycles. The average molecular weight is 564 g/mol. The number of pyridine rings is 1. The van der Waals surface area contributed by atoms with Gasteiger partial charge in [-0.15, -0.1) is 0 Å². The van der Waals surface area contributed by atoms with Gasteiger partial charge in [0.2, 0.25) is 0 Å². The number of hydrogen-bond acceptors (Lipinski definition) is 4. The third-order valence-corrected chi connectivity index (χ3v) is 9.68. The molecule has 202 valence electrons. The molecule has 1 aromatic heterocycles. The number of para-hydroxylation sites is 1. The van der Waals surface area contributed by atoms with Crippen molar-refractivity contribution in [3.63, 3.8) is 0 Å². The van der Waals surface area contributed by atoms with Crippen molar-refractivity contribution in [2.45, 2.75) is 57.9 Å². The lowest BCUT2D eigenvalue weighted by Gasteiger charge is -2.28. The van der Waals surface area contributed by atoms with Crippen molar-refractivity contribution >= 4 is 57.6 Å². The lowest BCUT2D eigenvalue weighted by molar-refractivity contribution is -0.125. The summed E-state index contributed by atoms with van der Waals surface area (Å²) in [4.78, 5) is 31.3. The summed E-state index contributed by atoms with van der Waals surface area (Å²) in [5, 5.41) is 4.81. The number of ether oxygens (including phenoxy) is 1. The number of benzene rings is 2. The van der Waals surface area contributed by atoms with Crippen molar-refractivity contribution in [1.29, 1.82) is 0 Å². The van der Waals surface area contributed by atoms with Gasteiger partial charge in [0, 0.05) is 11.4 Å². The molecule has 2 fully saturated rings. The molecule has 6 rings (SSSR count). The minimum atomic E-state index is -0.491. The van der Waals surface area contributed by atoms with Crippen LogP contribution in [0.2, 0.25) is 10.0 Å². The highest BCUT2D eigenvalue weighted by atomic mass is 35.5. The van der Waals surface area contributed by atoms with Gasteiger partial charge in [0.25, 0.3) is 5.91 Å². The Morgan fingerprint density at radius 1 is 1.10 bits per heavy atom. The highest BCUT2D eigenvalue weighted by Gasteiger charge is 2.42. The van der Waals surface area contributed by atoms with Gasteiger partial charge in [-0.05, 0) is 98.1 Å². The Morgan fingerprint density at radius 2 is 1.95 bits per heavy atom. The fourth-order valence-corrected chi connectivity index (χ4v) is 7.40. The zero-order valence-corrected chi connectivity index (χ0v) is 23.5.